The van der Waals surface area contributed by atoms with Crippen LogP contribution >= 0.6 is 0 Å². The predicted octanol–water partition coefficient (Wildman–Crippen LogP) is 1.58. The first kappa shape index (κ1) is 9.81. The molecule has 0 heterocycles. The van der Waals surface area contributed by atoms with Crippen molar-refractivity contribution in [3.8, 4) is 0 Å². The van der Waals surface area contributed by atoms with Crippen LogP contribution < -0.4 is 5.73 Å². The summed E-state index contributed by atoms with van der Waals surface area (Å²) in [5, 5.41) is 0. The Hall–Kier alpha value is -0.730. The highest BCUT2D eigenvalue weighted by Crippen LogP contribution is 2.34. The second kappa shape index (κ2) is 3.79. The minimum atomic E-state index is 0.315. The third-order valence-electron chi connectivity index (χ3n) is 2.82. The van der Waals surface area contributed by atoms with Crippen LogP contribution in [0.2, 0.25) is 0 Å². The second-order valence-electron chi connectivity index (χ2n) is 4.91. The maximum atomic E-state index is 6.01. The number of hydrogen-bond donors (Lipinski definition) is 1. The van der Waals surface area contributed by atoms with Gasteiger partial charge in [-0.3, -0.25) is 4.99 Å². The van der Waals surface area contributed by atoms with Crippen molar-refractivity contribution in [1.29, 1.82) is 0 Å². The van der Waals surface area contributed by atoms with Gasteiger partial charge < -0.3 is 10.6 Å². The Morgan fingerprint density at radius 3 is 2.43 bits per heavy atom. The molecule has 0 saturated heterocycles. The molecule has 2 saturated carbocycles. The molecule has 0 aromatic heterocycles. The monoisotopic (exact) mass is 195 g/mol. The molecule has 2 aliphatic rings. The zero-order chi connectivity index (χ0) is 10.1. The van der Waals surface area contributed by atoms with Crippen molar-refractivity contribution in [2.75, 3.05) is 6.54 Å². The zero-order valence-corrected chi connectivity index (χ0v) is 9.24. The van der Waals surface area contributed by atoms with Crippen LogP contribution in [-0.2, 0) is 0 Å². The van der Waals surface area contributed by atoms with Crippen LogP contribution in [0.25, 0.3) is 0 Å². The van der Waals surface area contributed by atoms with Crippen molar-refractivity contribution in [2.24, 2.45) is 16.6 Å². The third kappa shape index (κ3) is 2.63. The Labute approximate surface area is 86.4 Å². The van der Waals surface area contributed by atoms with Crippen molar-refractivity contribution in [3.05, 3.63) is 0 Å². The SMILES string of the molecule is CC(C)N=C(N)N(CC1CC1)C1CC1. The van der Waals surface area contributed by atoms with Gasteiger partial charge in [0.15, 0.2) is 5.96 Å². The van der Waals surface area contributed by atoms with E-state index in [0.717, 1.165) is 18.4 Å². The fourth-order valence-corrected chi connectivity index (χ4v) is 1.73. The number of aliphatic imine (C=N–C) groups is 1. The maximum Gasteiger partial charge on any atom is 0.191 e. The molecule has 0 amide bonds. The first-order valence-electron chi connectivity index (χ1n) is 5.76. The summed E-state index contributed by atoms with van der Waals surface area (Å²) in [7, 11) is 0. The highest BCUT2D eigenvalue weighted by atomic mass is 15.3. The summed E-state index contributed by atoms with van der Waals surface area (Å²) in [6.45, 7) is 5.30. The Morgan fingerprint density at radius 2 is 2.00 bits per heavy atom. The minimum Gasteiger partial charge on any atom is -0.370 e. The van der Waals surface area contributed by atoms with Crippen LogP contribution in [0.4, 0.5) is 0 Å². The van der Waals surface area contributed by atoms with Crippen LogP contribution in [0.5, 0.6) is 0 Å². The van der Waals surface area contributed by atoms with Crippen molar-refractivity contribution in [3.63, 3.8) is 0 Å². The summed E-state index contributed by atoms with van der Waals surface area (Å²) in [4.78, 5) is 6.77. The van der Waals surface area contributed by atoms with Crippen molar-refractivity contribution >= 4 is 5.96 Å². The molecule has 0 aromatic carbocycles. The van der Waals surface area contributed by atoms with E-state index >= 15 is 0 Å². The largest absolute Gasteiger partial charge is 0.370 e. The molecule has 3 heteroatoms. The standard InChI is InChI=1S/C11H21N3/c1-8(2)13-11(12)14(10-5-6-10)7-9-3-4-9/h8-10H,3-7H2,1-2H3,(H2,12,13). The van der Waals surface area contributed by atoms with Gasteiger partial charge in [-0.15, -0.1) is 0 Å². The van der Waals surface area contributed by atoms with E-state index in [1.807, 2.05) is 0 Å². The summed E-state index contributed by atoms with van der Waals surface area (Å²) in [6.07, 6.45) is 5.39. The van der Waals surface area contributed by atoms with Crippen LogP contribution in [0.1, 0.15) is 39.5 Å². The third-order valence-corrected chi connectivity index (χ3v) is 2.82. The number of rotatable bonds is 4. The van der Waals surface area contributed by atoms with Gasteiger partial charge >= 0.3 is 0 Å². The van der Waals surface area contributed by atoms with E-state index < -0.39 is 0 Å². The predicted molar refractivity (Wildman–Crippen MR) is 59.2 cm³/mol. The number of nitrogens with zero attached hydrogens (tertiary/aromatic N) is 2. The smallest absolute Gasteiger partial charge is 0.191 e. The van der Waals surface area contributed by atoms with E-state index in [0.29, 0.717) is 12.1 Å². The Morgan fingerprint density at radius 1 is 1.36 bits per heavy atom. The summed E-state index contributed by atoms with van der Waals surface area (Å²) >= 11 is 0. The average Bonchev–Trinajstić information content (AvgIpc) is 2.94. The fourth-order valence-electron chi connectivity index (χ4n) is 1.73. The molecule has 2 aliphatic carbocycles. The highest BCUT2D eigenvalue weighted by molar-refractivity contribution is 5.79. The molecule has 3 nitrogen and oxygen atoms in total. The van der Waals surface area contributed by atoms with Gasteiger partial charge in [0.1, 0.15) is 0 Å². The number of nitrogens with two attached hydrogens (primary N) is 1. The van der Waals surface area contributed by atoms with E-state index in [1.54, 1.807) is 0 Å². The van der Waals surface area contributed by atoms with E-state index in [4.69, 9.17) is 5.73 Å². The van der Waals surface area contributed by atoms with E-state index in [9.17, 15) is 0 Å². The molecule has 2 rings (SSSR count). The van der Waals surface area contributed by atoms with Gasteiger partial charge in [-0.05, 0) is 45.4 Å². The summed E-state index contributed by atoms with van der Waals surface area (Å²) in [6, 6.07) is 1.02. The maximum absolute atomic E-state index is 6.01. The van der Waals surface area contributed by atoms with Gasteiger partial charge in [0.25, 0.3) is 0 Å². The molecule has 14 heavy (non-hydrogen) atoms. The van der Waals surface area contributed by atoms with Gasteiger partial charge in [0.05, 0.1) is 0 Å². The van der Waals surface area contributed by atoms with Gasteiger partial charge in [-0.1, -0.05) is 0 Å². The summed E-state index contributed by atoms with van der Waals surface area (Å²) in [5.74, 6) is 1.67. The lowest BCUT2D eigenvalue weighted by Gasteiger charge is -2.23. The van der Waals surface area contributed by atoms with Crippen molar-refractivity contribution in [1.82, 2.24) is 4.90 Å². The molecule has 0 bridgehead atoms. The average molecular weight is 195 g/mol. The number of hydrogen-bond acceptors (Lipinski definition) is 1. The summed E-state index contributed by atoms with van der Waals surface area (Å²) < 4.78 is 0. The van der Waals surface area contributed by atoms with Gasteiger partial charge in [0.2, 0.25) is 0 Å². The quantitative estimate of drug-likeness (QED) is 0.546. The zero-order valence-electron chi connectivity index (χ0n) is 9.24. The molecule has 0 aromatic rings. The molecule has 0 aliphatic heterocycles. The van der Waals surface area contributed by atoms with Crippen LogP contribution in [0, 0.1) is 5.92 Å². The summed E-state index contributed by atoms with van der Waals surface area (Å²) in [5.41, 5.74) is 6.01. The first-order valence-corrected chi connectivity index (χ1v) is 5.76. The van der Waals surface area contributed by atoms with E-state index in [1.165, 1.54) is 25.7 Å². The van der Waals surface area contributed by atoms with Crippen molar-refractivity contribution in [2.45, 2.75) is 51.6 Å². The lowest BCUT2D eigenvalue weighted by molar-refractivity contribution is 0.383. The molecule has 0 atom stereocenters. The number of guanidine groups is 1. The Balaban J connectivity index is 1.93. The lowest BCUT2D eigenvalue weighted by Crippen LogP contribution is -2.41. The van der Waals surface area contributed by atoms with Crippen molar-refractivity contribution < 1.29 is 0 Å². The molecule has 0 radical (unpaired) electrons. The second-order valence-corrected chi connectivity index (χ2v) is 4.91. The molecule has 2 N–H and O–H groups in total. The Bertz CT molecular complexity index is 227. The van der Waals surface area contributed by atoms with Gasteiger partial charge in [0, 0.05) is 18.6 Å². The van der Waals surface area contributed by atoms with Gasteiger partial charge in [-0.25, -0.2) is 0 Å². The van der Waals surface area contributed by atoms with E-state index in [2.05, 4.69) is 23.7 Å². The molecular weight excluding hydrogens is 174 g/mol. The minimum absolute atomic E-state index is 0.315. The molecular formula is C11H21N3. The van der Waals surface area contributed by atoms with Gasteiger partial charge in [-0.2, -0.15) is 0 Å². The lowest BCUT2D eigenvalue weighted by atomic mass is 10.3. The first-order chi connectivity index (χ1) is 6.66. The fraction of sp³-hybridized carbons (Fsp3) is 0.909. The topological polar surface area (TPSA) is 41.6 Å². The van der Waals surface area contributed by atoms with Crippen LogP contribution in [0.15, 0.2) is 4.99 Å². The molecule has 0 spiro atoms. The van der Waals surface area contributed by atoms with Crippen LogP contribution in [0.3, 0.4) is 0 Å². The van der Waals surface area contributed by atoms with Crippen LogP contribution in [-0.4, -0.2) is 29.5 Å². The van der Waals surface area contributed by atoms with E-state index in [-0.39, 0.29) is 0 Å². The Kier molecular flexibility index (Phi) is 2.66. The highest BCUT2D eigenvalue weighted by Gasteiger charge is 2.34. The molecule has 80 valence electrons. The molecule has 0 unspecified atom stereocenters. The molecule has 2 fully saturated rings. The normalized spacial score (nSPS) is 22.9.